The number of hydrogen-bond donors (Lipinski definition) is 2. The standard InChI is InChI=1S/C22H30O4/c1-12(23)20(26)22(3)9-7-17-15-5-4-13-10-14(24)11-18(25)19(13)16(15)6-8-21(17,22)2/h10,12,15,17-18,23,25H,4-9,11H2,1-3H3/t12-,15+,17-,18-,21-,22-/m0/s1. The minimum atomic E-state index is -0.914. The summed E-state index contributed by atoms with van der Waals surface area (Å²) >= 11 is 0. The van der Waals surface area contributed by atoms with Crippen molar-refractivity contribution in [1.29, 1.82) is 0 Å². The molecule has 2 N–H and O–H groups in total. The normalized spacial score (nSPS) is 43.3. The lowest BCUT2D eigenvalue weighted by Crippen LogP contribution is -2.50. The summed E-state index contributed by atoms with van der Waals surface area (Å²) in [5, 5.41) is 20.5. The summed E-state index contributed by atoms with van der Waals surface area (Å²) in [6, 6.07) is 0. The molecule has 4 aliphatic rings. The Morgan fingerprint density at radius 1 is 1.23 bits per heavy atom. The molecule has 0 aromatic heterocycles. The smallest absolute Gasteiger partial charge is 0.167 e. The maximum atomic E-state index is 12.9. The molecule has 0 saturated heterocycles. The first-order chi connectivity index (χ1) is 12.2. The van der Waals surface area contributed by atoms with Crippen LogP contribution in [0.15, 0.2) is 22.8 Å². The topological polar surface area (TPSA) is 74.6 Å². The molecule has 2 saturated carbocycles. The van der Waals surface area contributed by atoms with Crippen molar-refractivity contribution in [3.8, 4) is 0 Å². The zero-order valence-electron chi connectivity index (χ0n) is 16.0. The van der Waals surface area contributed by atoms with Gasteiger partial charge in [-0.1, -0.05) is 19.4 Å². The van der Waals surface area contributed by atoms with Gasteiger partial charge in [0.2, 0.25) is 0 Å². The second kappa shape index (κ2) is 5.87. The predicted molar refractivity (Wildman–Crippen MR) is 98.3 cm³/mol. The molecule has 0 aliphatic heterocycles. The molecule has 0 amide bonds. The van der Waals surface area contributed by atoms with Crippen LogP contribution in [0.3, 0.4) is 0 Å². The molecule has 4 rings (SSSR count). The summed E-state index contributed by atoms with van der Waals surface area (Å²) < 4.78 is 0. The zero-order valence-corrected chi connectivity index (χ0v) is 16.0. The van der Waals surface area contributed by atoms with Gasteiger partial charge in [0.15, 0.2) is 11.6 Å². The largest absolute Gasteiger partial charge is 0.388 e. The fraction of sp³-hybridized carbons (Fsp3) is 0.727. The third-order valence-corrected chi connectivity index (χ3v) is 8.28. The highest BCUT2D eigenvalue weighted by atomic mass is 16.3. The lowest BCUT2D eigenvalue weighted by Gasteiger charge is -2.52. The van der Waals surface area contributed by atoms with Crippen LogP contribution in [-0.2, 0) is 9.59 Å². The third-order valence-electron chi connectivity index (χ3n) is 8.28. The highest BCUT2D eigenvalue weighted by Crippen LogP contribution is 2.67. The SMILES string of the molecule is C[C@H](O)C(=O)[C@]1(C)CC[C@H]2[C@@H]3CCC4=CC(=O)C[C@H](O)C4=C3CC[C@@]21C. The first kappa shape index (κ1) is 18.1. The van der Waals surface area contributed by atoms with Crippen molar-refractivity contribution in [3.63, 3.8) is 0 Å². The van der Waals surface area contributed by atoms with Gasteiger partial charge in [0.05, 0.1) is 6.10 Å². The molecule has 0 aromatic carbocycles. The van der Waals surface area contributed by atoms with Crippen LogP contribution in [-0.4, -0.2) is 34.0 Å². The van der Waals surface area contributed by atoms with E-state index in [4.69, 9.17) is 0 Å². The molecule has 0 radical (unpaired) electrons. The van der Waals surface area contributed by atoms with E-state index in [9.17, 15) is 19.8 Å². The number of allylic oxidation sites excluding steroid dienone is 2. The van der Waals surface area contributed by atoms with Crippen LogP contribution >= 0.6 is 0 Å². The van der Waals surface area contributed by atoms with Crippen molar-refractivity contribution in [2.45, 2.75) is 77.9 Å². The molecule has 0 bridgehead atoms. The maximum absolute atomic E-state index is 12.9. The molecule has 26 heavy (non-hydrogen) atoms. The Hall–Kier alpha value is -1.26. The number of carbonyl (C=O) groups excluding carboxylic acids is 2. The average molecular weight is 358 g/mol. The van der Waals surface area contributed by atoms with E-state index in [0.29, 0.717) is 11.8 Å². The van der Waals surface area contributed by atoms with Crippen molar-refractivity contribution in [2.24, 2.45) is 22.7 Å². The maximum Gasteiger partial charge on any atom is 0.167 e. The van der Waals surface area contributed by atoms with Gasteiger partial charge < -0.3 is 10.2 Å². The van der Waals surface area contributed by atoms with Crippen molar-refractivity contribution in [3.05, 3.63) is 22.8 Å². The molecule has 6 atom stereocenters. The van der Waals surface area contributed by atoms with E-state index in [1.807, 2.05) is 0 Å². The molecule has 142 valence electrons. The van der Waals surface area contributed by atoms with Crippen LogP contribution in [0.4, 0.5) is 0 Å². The monoisotopic (exact) mass is 358 g/mol. The van der Waals surface area contributed by atoms with E-state index in [-0.39, 0.29) is 23.4 Å². The number of Topliss-reactive ketones (excluding diaryl/α,β-unsaturated/α-hetero) is 1. The molecule has 0 unspecified atom stereocenters. The Balaban J connectivity index is 1.74. The van der Waals surface area contributed by atoms with E-state index >= 15 is 0 Å². The van der Waals surface area contributed by atoms with Gasteiger partial charge in [0.25, 0.3) is 0 Å². The van der Waals surface area contributed by atoms with E-state index in [0.717, 1.165) is 49.7 Å². The van der Waals surface area contributed by atoms with E-state index < -0.39 is 17.6 Å². The molecule has 4 heteroatoms. The van der Waals surface area contributed by atoms with E-state index in [1.165, 1.54) is 5.57 Å². The van der Waals surface area contributed by atoms with Crippen LogP contribution in [0.1, 0.15) is 65.7 Å². The number of hydrogen-bond acceptors (Lipinski definition) is 4. The Kier molecular flexibility index (Phi) is 4.09. The zero-order chi connectivity index (χ0) is 18.9. The van der Waals surface area contributed by atoms with E-state index in [2.05, 4.69) is 13.8 Å². The summed E-state index contributed by atoms with van der Waals surface area (Å²) in [5.41, 5.74) is 2.85. The quantitative estimate of drug-likeness (QED) is 0.795. The predicted octanol–water partition coefficient (Wildman–Crippen LogP) is 3.12. The summed E-state index contributed by atoms with van der Waals surface area (Å²) in [5.74, 6) is 0.829. The van der Waals surface area contributed by atoms with Crippen molar-refractivity contribution >= 4 is 11.6 Å². The van der Waals surface area contributed by atoms with E-state index in [1.54, 1.807) is 13.0 Å². The van der Waals surface area contributed by atoms with Gasteiger partial charge in [-0.2, -0.15) is 0 Å². The molecule has 4 nitrogen and oxygen atoms in total. The number of ketones is 2. The van der Waals surface area contributed by atoms with Crippen LogP contribution in [0.2, 0.25) is 0 Å². The van der Waals surface area contributed by atoms with Crippen LogP contribution in [0.25, 0.3) is 0 Å². The van der Waals surface area contributed by atoms with Gasteiger partial charge in [-0.15, -0.1) is 0 Å². The van der Waals surface area contributed by atoms with Crippen LogP contribution in [0, 0.1) is 22.7 Å². The molecular formula is C22H30O4. The fourth-order valence-electron chi connectivity index (χ4n) is 6.74. The van der Waals surface area contributed by atoms with Gasteiger partial charge >= 0.3 is 0 Å². The van der Waals surface area contributed by atoms with Gasteiger partial charge in [-0.05, 0) is 79.9 Å². The number of fused-ring (bicyclic) bond motifs is 4. The highest BCUT2D eigenvalue weighted by molar-refractivity contribution is 5.94. The summed E-state index contributed by atoms with van der Waals surface area (Å²) in [4.78, 5) is 24.7. The first-order valence-corrected chi connectivity index (χ1v) is 10.1. The van der Waals surface area contributed by atoms with Crippen molar-refractivity contribution < 1.29 is 19.8 Å². The fourth-order valence-corrected chi connectivity index (χ4v) is 6.74. The Bertz CT molecular complexity index is 730. The van der Waals surface area contributed by atoms with Crippen molar-refractivity contribution in [1.82, 2.24) is 0 Å². The van der Waals surface area contributed by atoms with Crippen LogP contribution in [0.5, 0.6) is 0 Å². The molecule has 4 aliphatic carbocycles. The third kappa shape index (κ3) is 2.27. The van der Waals surface area contributed by atoms with Gasteiger partial charge in [0, 0.05) is 11.8 Å². The first-order valence-electron chi connectivity index (χ1n) is 10.1. The van der Waals surface area contributed by atoms with Crippen LogP contribution < -0.4 is 0 Å². The Morgan fingerprint density at radius 3 is 2.65 bits per heavy atom. The van der Waals surface area contributed by atoms with Gasteiger partial charge in [0.1, 0.15) is 6.10 Å². The lowest BCUT2D eigenvalue weighted by molar-refractivity contribution is -0.144. The minimum Gasteiger partial charge on any atom is -0.388 e. The summed E-state index contributed by atoms with van der Waals surface area (Å²) in [6.45, 7) is 5.90. The number of aliphatic hydroxyl groups excluding tert-OH is 2. The van der Waals surface area contributed by atoms with Gasteiger partial charge in [-0.25, -0.2) is 0 Å². The molecule has 2 fully saturated rings. The lowest BCUT2D eigenvalue weighted by atomic mass is 9.51. The second-order valence-corrected chi connectivity index (χ2v) is 9.37. The number of aliphatic hydroxyl groups is 2. The second-order valence-electron chi connectivity index (χ2n) is 9.37. The molecule has 0 heterocycles. The molecule has 0 spiro atoms. The van der Waals surface area contributed by atoms with Gasteiger partial charge in [-0.3, -0.25) is 9.59 Å². The highest BCUT2D eigenvalue weighted by Gasteiger charge is 2.62. The minimum absolute atomic E-state index is 0.0155. The Morgan fingerprint density at radius 2 is 1.96 bits per heavy atom. The summed E-state index contributed by atoms with van der Waals surface area (Å²) in [6.07, 6.45) is 5.86. The molecular weight excluding hydrogens is 328 g/mol. The number of carbonyl (C=O) groups is 2. The molecule has 0 aromatic rings. The van der Waals surface area contributed by atoms with Crippen molar-refractivity contribution in [2.75, 3.05) is 0 Å². The summed E-state index contributed by atoms with van der Waals surface area (Å²) in [7, 11) is 0. The Labute approximate surface area is 155 Å². The average Bonchev–Trinajstić information content (AvgIpc) is 2.86. The number of rotatable bonds is 2.